The number of aromatic nitrogens is 2. The van der Waals surface area contributed by atoms with Crippen molar-refractivity contribution in [2.75, 3.05) is 16.8 Å². The largest absolute Gasteiger partial charge is 0.369 e. The van der Waals surface area contributed by atoms with Gasteiger partial charge in [-0.3, -0.25) is 4.98 Å². The lowest BCUT2D eigenvalue weighted by Gasteiger charge is -2.27. The van der Waals surface area contributed by atoms with Gasteiger partial charge in [0.15, 0.2) is 0 Å². The third-order valence-electron chi connectivity index (χ3n) is 3.00. The summed E-state index contributed by atoms with van der Waals surface area (Å²) in [5.41, 5.74) is 0. The van der Waals surface area contributed by atoms with E-state index in [0.29, 0.717) is 6.04 Å². The highest BCUT2D eigenvalue weighted by Gasteiger charge is 2.14. The summed E-state index contributed by atoms with van der Waals surface area (Å²) in [5.74, 6) is 1.77. The van der Waals surface area contributed by atoms with Gasteiger partial charge >= 0.3 is 0 Å². The SMILES string of the molecule is CCCNc1cncc(N(Cc2cccs2)C(C)C)n1. The van der Waals surface area contributed by atoms with Crippen molar-refractivity contribution in [1.29, 1.82) is 0 Å². The minimum Gasteiger partial charge on any atom is -0.369 e. The Morgan fingerprint density at radius 1 is 1.35 bits per heavy atom. The summed E-state index contributed by atoms with van der Waals surface area (Å²) in [6.45, 7) is 8.30. The van der Waals surface area contributed by atoms with E-state index in [4.69, 9.17) is 0 Å². The highest BCUT2D eigenvalue weighted by Crippen LogP contribution is 2.20. The van der Waals surface area contributed by atoms with Crippen LogP contribution >= 0.6 is 11.3 Å². The highest BCUT2D eigenvalue weighted by atomic mass is 32.1. The smallest absolute Gasteiger partial charge is 0.150 e. The van der Waals surface area contributed by atoms with Crippen LogP contribution in [0.2, 0.25) is 0 Å². The lowest BCUT2D eigenvalue weighted by molar-refractivity contribution is 0.675. The fraction of sp³-hybridized carbons (Fsp3) is 0.467. The minimum absolute atomic E-state index is 0.382. The van der Waals surface area contributed by atoms with Crippen molar-refractivity contribution < 1.29 is 0 Å². The topological polar surface area (TPSA) is 41.1 Å². The Balaban J connectivity index is 2.16. The van der Waals surface area contributed by atoms with Gasteiger partial charge in [-0.15, -0.1) is 11.3 Å². The lowest BCUT2D eigenvalue weighted by atomic mass is 10.3. The number of nitrogens with zero attached hydrogens (tertiary/aromatic N) is 3. The third-order valence-corrected chi connectivity index (χ3v) is 3.86. The standard InChI is InChI=1S/C15H22N4S/c1-4-7-17-14-9-16-10-15(18-14)19(12(2)3)11-13-6-5-8-20-13/h5-6,8-10,12H,4,7,11H2,1-3H3,(H,17,18). The Hall–Kier alpha value is -1.62. The van der Waals surface area contributed by atoms with Gasteiger partial charge in [0.05, 0.1) is 18.9 Å². The molecule has 1 N–H and O–H groups in total. The van der Waals surface area contributed by atoms with E-state index < -0.39 is 0 Å². The average Bonchev–Trinajstić information content (AvgIpc) is 2.95. The van der Waals surface area contributed by atoms with Gasteiger partial charge in [0, 0.05) is 17.5 Å². The molecule has 0 aromatic carbocycles. The zero-order valence-corrected chi connectivity index (χ0v) is 13.2. The molecule has 0 aliphatic rings. The van der Waals surface area contributed by atoms with Crippen LogP contribution in [0.5, 0.6) is 0 Å². The van der Waals surface area contributed by atoms with Crippen molar-refractivity contribution >= 4 is 23.0 Å². The molecule has 0 unspecified atom stereocenters. The first-order valence-electron chi connectivity index (χ1n) is 7.05. The Labute approximate surface area is 124 Å². The quantitative estimate of drug-likeness (QED) is 0.842. The summed E-state index contributed by atoms with van der Waals surface area (Å²) in [6.07, 6.45) is 4.70. The first kappa shape index (κ1) is 14.8. The van der Waals surface area contributed by atoms with Crippen LogP contribution in [-0.4, -0.2) is 22.6 Å². The molecule has 108 valence electrons. The fourth-order valence-electron chi connectivity index (χ4n) is 1.93. The van der Waals surface area contributed by atoms with E-state index in [2.05, 4.69) is 58.5 Å². The molecule has 0 aliphatic heterocycles. The molecule has 2 aromatic rings. The summed E-state index contributed by atoms with van der Waals surface area (Å²) in [6, 6.07) is 4.63. The first-order chi connectivity index (χ1) is 9.70. The van der Waals surface area contributed by atoms with Crippen LogP contribution in [0.3, 0.4) is 0 Å². The highest BCUT2D eigenvalue weighted by molar-refractivity contribution is 7.09. The van der Waals surface area contributed by atoms with Crippen molar-refractivity contribution in [2.45, 2.75) is 39.8 Å². The molecule has 0 saturated heterocycles. The molecule has 2 rings (SSSR count). The van der Waals surface area contributed by atoms with Crippen LogP contribution < -0.4 is 10.2 Å². The fourth-order valence-corrected chi connectivity index (χ4v) is 2.63. The predicted octanol–water partition coefficient (Wildman–Crippen LogP) is 3.78. The third kappa shape index (κ3) is 3.93. The zero-order chi connectivity index (χ0) is 14.4. The van der Waals surface area contributed by atoms with E-state index in [1.165, 1.54) is 4.88 Å². The molecule has 0 aliphatic carbocycles. The Bertz CT molecular complexity index is 510. The number of anilines is 2. The van der Waals surface area contributed by atoms with Crippen LogP contribution in [0.1, 0.15) is 32.1 Å². The lowest BCUT2D eigenvalue weighted by Crippen LogP contribution is -2.30. The van der Waals surface area contributed by atoms with Crippen molar-refractivity contribution in [3.8, 4) is 0 Å². The van der Waals surface area contributed by atoms with Crippen molar-refractivity contribution in [1.82, 2.24) is 9.97 Å². The first-order valence-corrected chi connectivity index (χ1v) is 7.93. The molecule has 5 heteroatoms. The van der Waals surface area contributed by atoms with Gasteiger partial charge in [-0.25, -0.2) is 4.98 Å². The number of hydrogen-bond acceptors (Lipinski definition) is 5. The molecule has 4 nitrogen and oxygen atoms in total. The molecule has 0 fully saturated rings. The normalized spacial score (nSPS) is 10.8. The summed E-state index contributed by atoms with van der Waals surface area (Å²) in [7, 11) is 0. The molecule has 2 heterocycles. The second-order valence-corrected chi connectivity index (χ2v) is 6.02. The van der Waals surface area contributed by atoms with Gasteiger partial charge in [-0.1, -0.05) is 13.0 Å². The minimum atomic E-state index is 0.382. The van der Waals surface area contributed by atoms with E-state index in [-0.39, 0.29) is 0 Å². The number of thiophene rings is 1. The maximum Gasteiger partial charge on any atom is 0.150 e. The average molecular weight is 290 g/mol. The number of nitrogens with one attached hydrogen (secondary N) is 1. The van der Waals surface area contributed by atoms with Gasteiger partial charge in [-0.05, 0) is 31.7 Å². The molecular weight excluding hydrogens is 268 g/mol. The van der Waals surface area contributed by atoms with E-state index in [1.54, 1.807) is 17.5 Å². The molecule has 0 radical (unpaired) electrons. The second-order valence-electron chi connectivity index (χ2n) is 4.99. The number of rotatable bonds is 7. The maximum absolute atomic E-state index is 4.67. The zero-order valence-electron chi connectivity index (χ0n) is 12.3. The van der Waals surface area contributed by atoms with Gasteiger partial charge < -0.3 is 10.2 Å². The molecule has 0 spiro atoms. The van der Waals surface area contributed by atoms with Crippen LogP contribution in [0.15, 0.2) is 29.9 Å². The molecule has 0 atom stereocenters. The monoisotopic (exact) mass is 290 g/mol. The van der Waals surface area contributed by atoms with E-state index in [9.17, 15) is 0 Å². The van der Waals surface area contributed by atoms with Crippen molar-refractivity contribution in [2.24, 2.45) is 0 Å². The summed E-state index contributed by atoms with van der Waals surface area (Å²) >= 11 is 1.78. The van der Waals surface area contributed by atoms with Crippen molar-refractivity contribution in [3.63, 3.8) is 0 Å². The molecule has 0 bridgehead atoms. The van der Waals surface area contributed by atoms with Gasteiger partial charge in [0.25, 0.3) is 0 Å². The van der Waals surface area contributed by atoms with E-state index in [0.717, 1.165) is 31.1 Å². The van der Waals surface area contributed by atoms with E-state index in [1.807, 2.05) is 6.20 Å². The van der Waals surface area contributed by atoms with E-state index >= 15 is 0 Å². The number of hydrogen-bond donors (Lipinski definition) is 1. The summed E-state index contributed by atoms with van der Waals surface area (Å²) in [5, 5.41) is 5.40. The molecular formula is C15H22N4S. The molecule has 2 aromatic heterocycles. The maximum atomic E-state index is 4.67. The van der Waals surface area contributed by atoms with Gasteiger partial charge in [0.2, 0.25) is 0 Å². The Morgan fingerprint density at radius 3 is 2.85 bits per heavy atom. The van der Waals surface area contributed by atoms with Crippen LogP contribution in [-0.2, 0) is 6.54 Å². The van der Waals surface area contributed by atoms with Crippen LogP contribution in [0, 0.1) is 0 Å². The summed E-state index contributed by atoms with van der Waals surface area (Å²) in [4.78, 5) is 12.6. The summed E-state index contributed by atoms with van der Waals surface area (Å²) < 4.78 is 0. The van der Waals surface area contributed by atoms with Crippen LogP contribution in [0.4, 0.5) is 11.6 Å². The van der Waals surface area contributed by atoms with Crippen molar-refractivity contribution in [3.05, 3.63) is 34.8 Å². The van der Waals surface area contributed by atoms with Gasteiger partial charge in [-0.2, -0.15) is 0 Å². The van der Waals surface area contributed by atoms with Crippen LogP contribution in [0.25, 0.3) is 0 Å². The molecule has 0 saturated carbocycles. The van der Waals surface area contributed by atoms with Gasteiger partial charge in [0.1, 0.15) is 11.6 Å². The molecule has 0 amide bonds. The molecule has 20 heavy (non-hydrogen) atoms. The Kier molecular flexibility index (Phi) is 5.35. The Morgan fingerprint density at radius 2 is 2.20 bits per heavy atom. The second kappa shape index (κ2) is 7.24. The predicted molar refractivity (Wildman–Crippen MR) is 86.5 cm³/mol.